The molecule has 92 valence electrons. The maximum atomic E-state index is 12.3. The molecule has 1 aliphatic rings. The monoisotopic (exact) mass is 241 g/mol. The van der Waals surface area contributed by atoms with Gasteiger partial charge in [-0.3, -0.25) is 4.79 Å². The van der Waals surface area contributed by atoms with E-state index in [1.54, 1.807) is 6.07 Å². The number of hydrogen-bond donors (Lipinski definition) is 0. The predicted octanol–water partition coefficient (Wildman–Crippen LogP) is 3.04. The fourth-order valence-electron chi connectivity index (χ4n) is 2.67. The molecular formula is C15H15NO2. The van der Waals surface area contributed by atoms with Crippen LogP contribution in [0.25, 0.3) is 0 Å². The quantitative estimate of drug-likeness (QED) is 0.809. The van der Waals surface area contributed by atoms with Crippen LogP contribution in [-0.2, 0) is 6.42 Å². The average molecular weight is 241 g/mol. The van der Waals surface area contributed by atoms with Crippen LogP contribution in [0.5, 0.6) is 0 Å². The van der Waals surface area contributed by atoms with Gasteiger partial charge in [0.05, 0.1) is 17.9 Å². The Morgan fingerprint density at radius 1 is 1.33 bits per heavy atom. The van der Waals surface area contributed by atoms with Crippen molar-refractivity contribution in [3.8, 4) is 0 Å². The van der Waals surface area contributed by atoms with Gasteiger partial charge in [-0.2, -0.15) is 0 Å². The van der Waals surface area contributed by atoms with Gasteiger partial charge < -0.3 is 9.32 Å². The molecule has 0 saturated heterocycles. The Bertz CT molecular complexity index is 560. The van der Waals surface area contributed by atoms with Crippen LogP contribution >= 0.6 is 0 Å². The summed E-state index contributed by atoms with van der Waals surface area (Å²) in [5, 5.41) is 0. The molecule has 1 aromatic heterocycles. The minimum atomic E-state index is 0.0189. The Hall–Kier alpha value is -2.03. The van der Waals surface area contributed by atoms with Crippen molar-refractivity contribution in [3.63, 3.8) is 0 Å². The number of carbonyl (C=O) groups excluding carboxylic acids is 1. The number of fused-ring (bicyclic) bond motifs is 1. The lowest BCUT2D eigenvalue weighted by atomic mass is 10.1. The van der Waals surface area contributed by atoms with Crippen molar-refractivity contribution in [1.82, 2.24) is 4.90 Å². The van der Waals surface area contributed by atoms with Crippen LogP contribution in [0.15, 0.2) is 47.3 Å². The molecule has 0 bridgehead atoms. The molecule has 0 fully saturated rings. The fraction of sp³-hybridized carbons (Fsp3) is 0.267. The minimum absolute atomic E-state index is 0.0189. The molecule has 3 heteroatoms. The van der Waals surface area contributed by atoms with Gasteiger partial charge in [-0.05, 0) is 30.0 Å². The van der Waals surface area contributed by atoms with Gasteiger partial charge in [-0.1, -0.05) is 24.3 Å². The summed E-state index contributed by atoms with van der Waals surface area (Å²) in [7, 11) is 1.86. The number of rotatable bonds is 2. The van der Waals surface area contributed by atoms with Gasteiger partial charge >= 0.3 is 0 Å². The highest BCUT2D eigenvalue weighted by Crippen LogP contribution is 2.35. The first kappa shape index (κ1) is 11.1. The molecule has 1 aliphatic carbocycles. The van der Waals surface area contributed by atoms with E-state index < -0.39 is 0 Å². The van der Waals surface area contributed by atoms with Crippen molar-refractivity contribution >= 4 is 5.91 Å². The lowest BCUT2D eigenvalue weighted by Crippen LogP contribution is -2.29. The van der Waals surface area contributed by atoms with Crippen molar-refractivity contribution in [2.45, 2.75) is 18.9 Å². The van der Waals surface area contributed by atoms with Crippen LogP contribution in [0, 0.1) is 0 Å². The van der Waals surface area contributed by atoms with E-state index in [9.17, 15) is 4.79 Å². The maximum absolute atomic E-state index is 12.3. The molecule has 1 heterocycles. The van der Waals surface area contributed by atoms with Crippen LogP contribution < -0.4 is 0 Å². The van der Waals surface area contributed by atoms with E-state index in [1.165, 1.54) is 23.7 Å². The van der Waals surface area contributed by atoms with E-state index in [4.69, 9.17) is 4.42 Å². The third-order valence-corrected chi connectivity index (χ3v) is 3.66. The number of carbonyl (C=O) groups is 1. The summed E-state index contributed by atoms with van der Waals surface area (Å²) in [6.45, 7) is 0. The molecule has 0 radical (unpaired) electrons. The van der Waals surface area contributed by atoms with E-state index in [0.29, 0.717) is 5.56 Å². The van der Waals surface area contributed by atoms with Crippen LogP contribution in [0.4, 0.5) is 0 Å². The summed E-state index contributed by atoms with van der Waals surface area (Å²) in [5.74, 6) is 0.0189. The molecule has 1 aromatic carbocycles. The molecule has 1 unspecified atom stereocenters. The number of nitrogens with zero attached hydrogens (tertiary/aromatic N) is 1. The summed E-state index contributed by atoms with van der Waals surface area (Å²) in [5.41, 5.74) is 3.24. The number of benzene rings is 1. The second kappa shape index (κ2) is 4.33. The van der Waals surface area contributed by atoms with Crippen LogP contribution in [0.1, 0.15) is 33.9 Å². The number of furan rings is 1. The highest BCUT2D eigenvalue weighted by atomic mass is 16.3. The molecule has 1 amide bonds. The third-order valence-electron chi connectivity index (χ3n) is 3.66. The molecule has 0 spiro atoms. The molecule has 0 aliphatic heterocycles. The highest BCUT2D eigenvalue weighted by molar-refractivity contribution is 5.94. The lowest BCUT2D eigenvalue weighted by molar-refractivity contribution is 0.0730. The van der Waals surface area contributed by atoms with Gasteiger partial charge in [0.15, 0.2) is 0 Å². The summed E-state index contributed by atoms with van der Waals surface area (Å²) in [6.07, 6.45) is 5.08. The first-order valence-corrected chi connectivity index (χ1v) is 6.14. The first-order chi connectivity index (χ1) is 8.77. The Balaban J connectivity index is 1.87. The lowest BCUT2D eigenvalue weighted by Gasteiger charge is -2.25. The Morgan fingerprint density at radius 3 is 2.94 bits per heavy atom. The number of aryl methyl sites for hydroxylation is 1. The van der Waals surface area contributed by atoms with Crippen LogP contribution in [-0.4, -0.2) is 17.9 Å². The van der Waals surface area contributed by atoms with Crippen molar-refractivity contribution in [3.05, 3.63) is 59.5 Å². The minimum Gasteiger partial charge on any atom is -0.472 e. The van der Waals surface area contributed by atoms with Crippen LogP contribution in [0.2, 0.25) is 0 Å². The summed E-state index contributed by atoms with van der Waals surface area (Å²) >= 11 is 0. The van der Waals surface area contributed by atoms with Crippen molar-refractivity contribution < 1.29 is 9.21 Å². The smallest absolute Gasteiger partial charge is 0.257 e. The largest absolute Gasteiger partial charge is 0.472 e. The van der Waals surface area contributed by atoms with E-state index in [-0.39, 0.29) is 11.9 Å². The molecule has 0 N–H and O–H groups in total. The Labute approximate surface area is 106 Å². The van der Waals surface area contributed by atoms with Gasteiger partial charge in [0.1, 0.15) is 6.26 Å². The third kappa shape index (κ3) is 1.72. The molecular weight excluding hydrogens is 226 g/mol. The fourth-order valence-corrected chi connectivity index (χ4v) is 2.67. The number of hydrogen-bond acceptors (Lipinski definition) is 2. The average Bonchev–Trinajstić information content (AvgIpc) is 3.06. The topological polar surface area (TPSA) is 33.5 Å². The second-order valence-corrected chi connectivity index (χ2v) is 4.68. The molecule has 2 aromatic rings. The molecule has 3 nitrogen and oxygen atoms in total. The zero-order valence-electron chi connectivity index (χ0n) is 10.3. The summed E-state index contributed by atoms with van der Waals surface area (Å²) < 4.78 is 4.97. The SMILES string of the molecule is CN(C(=O)c1ccoc1)C1CCc2ccccc21. The van der Waals surface area contributed by atoms with Gasteiger partial charge in [-0.25, -0.2) is 0 Å². The maximum Gasteiger partial charge on any atom is 0.257 e. The zero-order valence-corrected chi connectivity index (χ0v) is 10.3. The van der Waals surface area contributed by atoms with Crippen molar-refractivity contribution in [1.29, 1.82) is 0 Å². The van der Waals surface area contributed by atoms with Gasteiger partial charge in [-0.15, -0.1) is 0 Å². The van der Waals surface area contributed by atoms with Gasteiger partial charge in [0, 0.05) is 7.05 Å². The normalized spacial score (nSPS) is 17.5. The van der Waals surface area contributed by atoms with Crippen molar-refractivity contribution in [2.24, 2.45) is 0 Å². The second-order valence-electron chi connectivity index (χ2n) is 4.68. The van der Waals surface area contributed by atoms with Gasteiger partial charge in [0.2, 0.25) is 0 Å². The van der Waals surface area contributed by atoms with E-state index >= 15 is 0 Å². The molecule has 3 rings (SSSR count). The molecule has 18 heavy (non-hydrogen) atoms. The summed E-state index contributed by atoms with van der Waals surface area (Å²) in [4.78, 5) is 14.1. The van der Waals surface area contributed by atoms with E-state index in [0.717, 1.165) is 12.8 Å². The number of amides is 1. The molecule has 1 atom stereocenters. The highest BCUT2D eigenvalue weighted by Gasteiger charge is 2.28. The Kier molecular flexibility index (Phi) is 2.67. The first-order valence-electron chi connectivity index (χ1n) is 6.14. The van der Waals surface area contributed by atoms with Crippen molar-refractivity contribution in [2.75, 3.05) is 7.05 Å². The van der Waals surface area contributed by atoms with Crippen LogP contribution in [0.3, 0.4) is 0 Å². The van der Waals surface area contributed by atoms with E-state index in [1.807, 2.05) is 18.0 Å². The summed E-state index contributed by atoms with van der Waals surface area (Å²) in [6, 6.07) is 10.2. The molecule has 0 saturated carbocycles. The van der Waals surface area contributed by atoms with E-state index in [2.05, 4.69) is 18.2 Å². The standard InChI is InChI=1S/C15H15NO2/c1-16(15(17)12-8-9-18-10-12)14-7-6-11-4-2-3-5-13(11)14/h2-5,8-10,14H,6-7H2,1H3. The zero-order chi connectivity index (χ0) is 12.5. The Morgan fingerprint density at radius 2 is 2.17 bits per heavy atom. The predicted molar refractivity (Wildman–Crippen MR) is 68.3 cm³/mol. The van der Waals surface area contributed by atoms with Gasteiger partial charge in [0.25, 0.3) is 5.91 Å².